The fourth-order valence-electron chi connectivity index (χ4n) is 2.90. The van der Waals surface area contributed by atoms with Crippen LogP contribution in [-0.4, -0.2) is 42.0 Å². The first-order valence-electron chi connectivity index (χ1n) is 8.45. The molecule has 2 aromatic rings. The first-order valence-corrected chi connectivity index (χ1v) is 8.45. The van der Waals surface area contributed by atoms with Gasteiger partial charge in [-0.05, 0) is 42.7 Å². The van der Waals surface area contributed by atoms with Crippen LogP contribution in [0.15, 0.2) is 48.7 Å². The molecule has 1 amide bonds. The molecule has 1 aliphatic heterocycles. The van der Waals surface area contributed by atoms with Crippen LogP contribution in [0.4, 0.5) is 11.5 Å². The first kappa shape index (κ1) is 17.0. The number of benzene rings is 1. The third-order valence-electron chi connectivity index (χ3n) is 4.20. The van der Waals surface area contributed by atoms with E-state index in [1.807, 2.05) is 30.5 Å². The van der Waals surface area contributed by atoms with E-state index in [2.05, 4.69) is 50.1 Å². The van der Waals surface area contributed by atoms with Crippen LogP contribution in [0.3, 0.4) is 0 Å². The highest BCUT2D eigenvalue weighted by Crippen LogP contribution is 2.15. The van der Waals surface area contributed by atoms with E-state index in [1.54, 1.807) is 6.92 Å². The quantitative estimate of drug-likeness (QED) is 0.872. The Kier molecular flexibility index (Phi) is 5.65. The zero-order valence-corrected chi connectivity index (χ0v) is 14.4. The highest BCUT2D eigenvalue weighted by Gasteiger charge is 2.17. The van der Waals surface area contributed by atoms with Gasteiger partial charge in [-0.3, -0.25) is 9.69 Å². The van der Waals surface area contributed by atoms with E-state index in [0.29, 0.717) is 0 Å². The second-order valence-corrected chi connectivity index (χ2v) is 5.98. The van der Waals surface area contributed by atoms with Crippen LogP contribution in [0, 0.1) is 11.8 Å². The van der Waals surface area contributed by atoms with Gasteiger partial charge in [-0.2, -0.15) is 0 Å². The number of hydrogen-bond acceptors (Lipinski definition) is 4. The first-order chi connectivity index (χ1) is 12.2. The summed E-state index contributed by atoms with van der Waals surface area (Å²) in [5.74, 6) is 5.84. The lowest BCUT2D eigenvalue weighted by atomic mass is 10.1. The number of nitrogens with one attached hydrogen (secondary N) is 1. The van der Waals surface area contributed by atoms with Crippen molar-refractivity contribution in [2.75, 3.05) is 36.4 Å². The summed E-state index contributed by atoms with van der Waals surface area (Å²) in [6.07, 6.45) is 1.84. The van der Waals surface area contributed by atoms with E-state index in [-0.39, 0.29) is 5.91 Å². The van der Waals surface area contributed by atoms with Crippen molar-refractivity contribution in [2.45, 2.75) is 13.5 Å². The van der Waals surface area contributed by atoms with Crippen LogP contribution in [0.1, 0.15) is 12.5 Å². The standard InChI is InChI=1S/C20H22N4O/c1-2-5-20(25)22-18-9-7-17(8-10-18)16-23-12-14-24(15-13-23)19-6-3-4-11-21-19/h3-4,6-11H,12-16H2,1H3,(H,22,25). The Labute approximate surface area is 148 Å². The maximum Gasteiger partial charge on any atom is 0.300 e. The summed E-state index contributed by atoms with van der Waals surface area (Å²) in [4.78, 5) is 20.6. The molecule has 5 nitrogen and oxygen atoms in total. The highest BCUT2D eigenvalue weighted by molar-refractivity contribution is 6.03. The van der Waals surface area contributed by atoms with Crippen molar-refractivity contribution in [3.8, 4) is 11.8 Å². The minimum atomic E-state index is -0.277. The number of pyridine rings is 1. The number of piperazine rings is 1. The van der Waals surface area contributed by atoms with Gasteiger partial charge in [0, 0.05) is 44.6 Å². The molecule has 1 fully saturated rings. The third-order valence-corrected chi connectivity index (χ3v) is 4.20. The lowest BCUT2D eigenvalue weighted by Gasteiger charge is -2.35. The van der Waals surface area contributed by atoms with Crippen LogP contribution in [-0.2, 0) is 11.3 Å². The van der Waals surface area contributed by atoms with Crippen molar-refractivity contribution in [2.24, 2.45) is 0 Å². The second-order valence-electron chi connectivity index (χ2n) is 5.98. The number of amides is 1. The van der Waals surface area contributed by atoms with Crippen molar-refractivity contribution in [1.29, 1.82) is 0 Å². The normalized spacial score (nSPS) is 14.5. The Morgan fingerprint density at radius 3 is 2.52 bits per heavy atom. The van der Waals surface area contributed by atoms with Crippen LogP contribution in [0.2, 0.25) is 0 Å². The molecule has 5 heteroatoms. The zero-order valence-electron chi connectivity index (χ0n) is 14.4. The van der Waals surface area contributed by atoms with E-state index in [0.717, 1.165) is 44.2 Å². The van der Waals surface area contributed by atoms with Gasteiger partial charge in [0.15, 0.2) is 0 Å². The Morgan fingerprint density at radius 1 is 1.12 bits per heavy atom. The van der Waals surface area contributed by atoms with Gasteiger partial charge in [-0.25, -0.2) is 4.98 Å². The number of anilines is 2. The van der Waals surface area contributed by atoms with E-state index >= 15 is 0 Å². The largest absolute Gasteiger partial charge is 0.354 e. The monoisotopic (exact) mass is 334 g/mol. The van der Waals surface area contributed by atoms with Gasteiger partial charge in [0.1, 0.15) is 5.82 Å². The van der Waals surface area contributed by atoms with Gasteiger partial charge in [0.05, 0.1) is 0 Å². The van der Waals surface area contributed by atoms with Gasteiger partial charge in [0.2, 0.25) is 0 Å². The number of hydrogen-bond donors (Lipinski definition) is 1. The number of rotatable bonds is 4. The smallest absolute Gasteiger partial charge is 0.300 e. The minimum Gasteiger partial charge on any atom is -0.354 e. The third kappa shape index (κ3) is 4.82. The molecule has 1 aliphatic rings. The van der Waals surface area contributed by atoms with Crippen molar-refractivity contribution < 1.29 is 4.79 Å². The molecule has 1 saturated heterocycles. The van der Waals surface area contributed by atoms with Gasteiger partial charge in [0.25, 0.3) is 5.91 Å². The van der Waals surface area contributed by atoms with Gasteiger partial charge in [-0.15, -0.1) is 0 Å². The second kappa shape index (κ2) is 8.32. The molecule has 1 N–H and O–H groups in total. The molecule has 0 spiro atoms. The highest BCUT2D eigenvalue weighted by atomic mass is 16.1. The number of carbonyl (C=O) groups excluding carboxylic acids is 1. The molecule has 0 bridgehead atoms. The van der Waals surface area contributed by atoms with Crippen molar-refractivity contribution in [3.05, 3.63) is 54.2 Å². The maximum absolute atomic E-state index is 11.5. The van der Waals surface area contributed by atoms with Gasteiger partial charge in [-0.1, -0.05) is 24.1 Å². The van der Waals surface area contributed by atoms with E-state index < -0.39 is 0 Å². The van der Waals surface area contributed by atoms with E-state index in [9.17, 15) is 4.79 Å². The summed E-state index contributed by atoms with van der Waals surface area (Å²) in [5.41, 5.74) is 2.02. The van der Waals surface area contributed by atoms with Gasteiger partial charge >= 0.3 is 0 Å². The van der Waals surface area contributed by atoms with E-state index in [1.165, 1.54) is 5.56 Å². The molecule has 25 heavy (non-hydrogen) atoms. The molecule has 128 valence electrons. The fourth-order valence-corrected chi connectivity index (χ4v) is 2.90. The van der Waals surface area contributed by atoms with Crippen LogP contribution in [0.25, 0.3) is 0 Å². The lowest BCUT2D eigenvalue weighted by molar-refractivity contribution is -0.111. The van der Waals surface area contributed by atoms with Crippen LogP contribution >= 0.6 is 0 Å². The van der Waals surface area contributed by atoms with Crippen LogP contribution < -0.4 is 10.2 Å². The number of nitrogens with zero attached hydrogens (tertiary/aromatic N) is 3. The van der Waals surface area contributed by atoms with Crippen LogP contribution in [0.5, 0.6) is 0 Å². The molecule has 3 rings (SSSR count). The zero-order chi connectivity index (χ0) is 17.5. The molecular weight excluding hydrogens is 312 g/mol. The van der Waals surface area contributed by atoms with E-state index in [4.69, 9.17) is 0 Å². The summed E-state index contributed by atoms with van der Waals surface area (Å²) in [6.45, 7) is 6.57. The molecule has 2 heterocycles. The molecule has 0 unspecified atom stereocenters. The fraction of sp³-hybridized carbons (Fsp3) is 0.300. The van der Waals surface area contributed by atoms with Crippen molar-refractivity contribution in [3.63, 3.8) is 0 Å². The topological polar surface area (TPSA) is 48.5 Å². The molecule has 1 aromatic carbocycles. The summed E-state index contributed by atoms with van der Waals surface area (Å²) in [6, 6.07) is 14.0. The summed E-state index contributed by atoms with van der Waals surface area (Å²) in [5, 5.41) is 2.76. The molecule has 0 atom stereocenters. The maximum atomic E-state index is 11.5. The lowest BCUT2D eigenvalue weighted by Crippen LogP contribution is -2.46. The number of carbonyl (C=O) groups is 1. The Hall–Kier alpha value is -2.84. The predicted molar refractivity (Wildman–Crippen MR) is 100 cm³/mol. The average Bonchev–Trinajstić information content (AvgIpc) is 2.65. The molecule has 1 aromatic heterocycles. The number of aromatic nitrogens is 1. The summed E-state index contributed by atoms with van der Waals surface area (Å²) < 4.78 is 0. The van der Waals surface area contributed by atoms with Gasteiger partial charge < -0.3 is 10.2 Å². The SMILES string of the molecule is CC#CC(=O)Nc1ccc(CN2CCN(c3ccccn3)CC2)cc1. The molecule has 0 saturated carbocycles. The summed E-state index contributed by atoms with van der Waals surface area (Å²) in [7, 11) is 0. The average molecular weight is 334 g/mol. The molecular formula is C20H22N4O. The predicted octanol–water partition coefficient (Wildman–Crippen LogP) is 2.37. The Morgan fingerprint density at radius 2 is 1.88 bits per heavy atom. The molecule has 0 radical (unpaired) electrons. The Balaban J connectivity index is 1.50. The summed E-state index contributed by atoms with van der Waals surface area (Å²) >= 11 is 0. The van der Waals surface area contributed by atoms with Crippen molar-refractivity contribution >= 4 is 17.4 Å². The van der Waals surface area contributed by atoms with Crippen molar-refractivity contribution in [1.82, 2.24) is 9.88 Å². The minimum absolute atomic E-state index is 0.277. The molecule has 0 aliphatic carbocycles. The Bertz CT molecular complexity index is 754.